The molecule has 4 nitrogen and oxygen atoms in total. The lowest BCUT2D eigenvalue weighted by Crippen LogP contribution is -2.15. The molecule has 14 heavy (non-hydrogen) atoms. The van der Waals surface area contributed by atoms with E-state index in [0.29, 0.717) is 5.69 Å². The molecule has 1 aromatic carbocycles. The molecular formula is C9H8INO3. The van der Waals surface area contributed by atoms with Gasteiger partial charge in [0.05, 0.1) is 0 Å². The molecule has 0 aromatic heterocycles. The zero-order chi connectivity index (χ0) is 10.6. The van der Waals surface area contributed by atoms with Gasteiger partial charge in [0.25, 0.3) is 0 Å². The summed E-state index contributed by atoms with van der Waals surface area (Å²) in [6, 6.07) is 7.15. The van der Waals surface area contributed by atoms with Crippen molar-refractivity contribution in [3.8, 4) is 0 Å². The first-order chi connectivity index (χ1) is 6.58. The number of benzene rings is 1. The monoisotopic (exact) mass is 305 g/mol. The predicted octanol–water partition coefficient (Wildman–Crippen LogP) is 1.70. The Morgan fingerprint density at radius 1 is 1.43 bits per heavy atom. The molecule has 5 heteroatoms. The van der Waals surface area contributed by atoms with Crippen molar-refractivity contribution < 1.29 is 14.7 Å². The van der Waals surface area contributed by atoms with Gasteiger partial charge < -0.3 is 10.4 Å². The van der Waals surface area contributed by atoms with Crippen molar-refractivity contribution in [1.82, 2.24) is 0 Å². The number of aliphatic carboxylic acids is 1. The number of hydrogen-bond donors (Lipinski definition) is 2. The lowest BCUT2D eigenvalue weighted by molar-refractivity contribution is -0.139. The Kier molecular flexibility index (Phi) is 3.87. The Bertz CT molecular complexity index is 365. The second-order valence-corrected chi connectivity index (χ2v) is 3.87. The number of carboxylic acid groups (broad SMARTS) is 1. The van der Waals surface area contributed by atoms with Crippen LogP contribution < -0.4 is 5.32 Å². The van der Waals surface area contributed by atoms with Crippen molar-refractivity contribution in [2.24, 2.45) is 0 Å². The zero-order valence-corrected chi connectivity index (χ0v) is 9.32. The van der Waals surface area contributed by atoms with Gasteiger partial charge in [-0.15, -0.1) is 0 Å². The number of carbonyl (C=O) groups excluding carboxylic acids is 1. The molecule has 0 aliphatic carbocycles. The normalized spacial score (nSPS) is 9.50. The van der Waals surface area contributed by atoms with Gasteiger partial charge in [0.15, 0.2) is 0 Å². The number of anilines is 1. The number of carboxylic acids is 1. The Hall–Kier alpha value is -1.11. The maximum Gasteiger partial charge on any atom is 0.312 e. The second-order valence-electron chi connectivity index (χ2n) is 2.63. The van der Waals surface area contributed by atoms with E-state index >= 15 is 0 Å². The van der Waals surface area contributed by atoms with Crippen LogP contribution in [-0.2, 0) is 9.59 Å². The summed E-state index contributed by atoms with van der Waals surface area (Å²) in [4.78, 5) is 21.2. The fourth-order valence-electron chi connectivity index (χ4n) is 0.909. The molecule has 1 aromatic rings. The second kappa shape index (κ2) is 4.94. The lowest BCUT2D eigenvalue weighted by atomic mass is 10.3. The third kappa shape index (κ3) is 3.73. The van der Waals surface area contributed by atoms with E-state index in [1.54, 1.807) is 18.2 Å². The van der Waals surface area contributed by atoms with E-state index in [1.165, 1.54) is 0 Å². The van der Waals surface area contributed by atoms with Gasteiger partial charge >= 0.3 is 5.97 Å². The number of carbonyl (C=O) groups is 2. The first kappa shape index (κ1) is 11.0. The molecule has 2 N–H and O–H groups in total. The highest BCUT2D eigenvalue weighted by Crippen LogP contribution is 2.12. The van der Waals surface area contributed by atoms with Gasteiger partial charge in [0.2, 0.25) is 5.91 Å². The van der Waals surface area contributed by atoms with E-state index in [0.717, 1.165) is 3.57 Å². The summed E-state index contributed by atoms with van der Waals surface area (Å²) in [6.45, 7) is 0. The number of hydrogen-bond acceptors (Lipinski definition) is 2. The topological polar surface area (TPSA) is 66.4 Å². The van der Waals surface area contributed by atoms with Crippen LogP contribution >= 0.6 is 22.6 Å². The molecule has 0 aliphatic heterocycles. The molecule has 0 heterocycles. The molecule has 0 saturated carbocycles. The van der Waals surface area contributed by atoms with Crippen molar-refractivity contribution in [3.05, 3.63) is 27.8 Å². The minimum Gasteiger partial charge on any atom is -0.481 e. The minimum atomic E-state index is -1.13. The molecule has 0 atom stereocenters. The van der Waals surface area contributed by atoms with Crippen LogP contribution in [0.2, 0.25) is 0 Å². The summed E-state index contributed by atoms with van der Waals surface area (Å²) in [5.74, 6) is -1.65. The van der Waals surface area contributed by atoms with Crippen molar-refractivity contribution in [1.29, 1.82) is 0 Å². The molecule has 1 amide bonds. The average molecular weight is 305 g/mol. The van der Waals surface area contributed by atoms with E-state index < -0.39 is 18.3 Å². The molecule has 0 fully saturated rings. The molecule has 74 valence electrons. The van der Waals surface area contributed by atoms with Gasteiger partial charge in [-0.1, -0.05) is 6.07 Å². The fourth-order valence-corrected chi connectivity index (χ4v) is 1.45. The highest BCUT2D eigenvalue weighted by atomic mass is 127. The van der Waals surface area contributed by atoms with E-state index in [9.17, 15) is 9.59 Å². The summed E-state index contributed by atoms with van der Waals surface area (Å²) < 4.78 is 0.982. The third-order valence-electron chi connectivity index (χ3n) is 1.42. The van der Waals surface area contributed by atoms with E-state index in [4.69, 9.17) is 5.11 Å². The zero-order valence-electron chi connectivity index (χ0n) is 7.16. The van der Waals surface area contributed by atoms with E-state index in [-0.39, 0.29) is 0 Å². The SMILES string of the molecule is O=C(O)CC(=O)Nc1cccc(I)c1. The fraction of sp³-hybridized carbons (Fsp3) is 0.111. The largest absolute Gasteiger partial charge is 0.481 e. The van der Waals surface area contributed by atoms with E-state index in [2.05, 4.69) is 27.9 Å². The summed E-state index contributed by atoms with van der Waals surface area (Å²) in [7, 11) is 0. The van der Waals surface area contributed by atoms with Crippen LogP contribution in [0.1, 0.15) is 6.42 Å². The van der Waals surface area contributed by atoms with Crippen LogP contribution in [0.3, 0.4) is 0 Å². The first-order valence-electron chi connectivity index (χ1n) is 3.85. The van der Waals surface area contributed by atoms with Crippen LogP contribution in [0.5, 0.6) is 0 Å². The molecular weight excluding hydrogens is 297 g/mol. The van der Waals surface area contributed by atoms with Gasteiger partial charge in [0.1, 0.15) is 6.42 Å². The van der Waals surface area contributed by atoms with Gasteiger partial charge in [-0.05, 0) is 40.8 Å². The predicted molar refractivity (Wildman–Crippen MR) is 60.0 cm³/mol. The molecule has 0 aliphatic rings. The van der Waals surface area contributed by atoms with Crippen molar-refractivity contribution in [2.45, 2.75) is 6.42 Å². The van der Waals surface area contributed by atoms with Crippen molar-refractivity contribution in [2.75, 3.05) is 5.32 Å². The van der Waals surface area contributed by atoms with Crippen LogP contribution in [0.25, 0.3) is 0 Å². The molecule has 0 spiro atoms. The number of nitrogens with one attached hydrogen (secondary N) is 1. The smallest absolute Gasteiger partial charge is 0.312 e. The Labute approximate surface area is 94.5 Å². The summed E-state index contributed by atoms with van der Waals surface area (Å²) in [5, 5.41) is 10.8. The number of halogens is 1. The molecule has 0 unspecified atom stereocenters. The third-order valence-corrected chi connectivity index (χ3v) is 2.09. The van der Waals surface area contributed by atoms with Crippen molar-refractivity contribution in [3.63, 3.8) is 0 Å². The van der Waals surface area contributed by atoms with Gasteiger partial charge in [0, 0.05) is 9.26 Å². The van der Waals surface area contributed by atoms with Crippen LogP contribution in [0, 0.1) is 3.57 Å². The summed E-state index contributed by atoms with van der Waals surface area (Å²) >= 11 is 2.11. The summed E-state index contributed by atoms with van der Waals surface area (Å²) in [5.41, 5.74) is 0.614. The van der Waals surface area contributed by atoms with Gasteiger partial charge in [-0.3, -0.25) is 9.59 Å². The standard InChI is InChI=1S/C9H8INO3/c10-6-2-1-3-7(4-6)11-8(12)5-9(13)14/h1-4H,5H2,(H,11,12)(H,13,14). The quantitative estimate of drug-likeness (QED) is 0.660. The van der Waals surface area contributed by atoms with Crippen LogP contribution in [-0.4, -0.2) is 17.0 Å². The highest BCUT2D eigenvalue weighted by molar-refractivity contribution is 14.1. The Balaban J connectivity index is 2.60. The molecule has 0 radical (unpaired) electrons. The van der Waals surface area contributed by atoms with Gasteiger partial charge in [-0.25, -0.2) is 0 Å². The van der Waals surface area contributed by atoms with Gasteiger partial charge in [-0.2, -0.15) is 0 Å². The van der Waals surface area contributed by atoms with Crippen LogP contribution in [0.4, 0.5) is 5.69 Å². The maximum atomic E-state index is 11.0. The average Bonchev–Trinajstić information content (AvgIpc) is 2.01. The first-order valence-corrected chi connectivity index (χ1v) is 4.93. The number of amides is 1. The van der Waals surface area contributed by atoms with Crippen LogP contribution in [0.15, 0.2) is 24.3 Å². The maximum absolute atomic E-state index is 11.0. The lowest BCUT2D eigenvalue weighted by Gasteiger charge is -2.02. The Morgan fingerprint density at radius 3 is 2.71 bits per heavy atom. The molecule has 0 saturated heterocycles. The van der Waals surface area contributed by atoms with Crippen molar-refractivity contribution >= 4 is 40.2 Å². The highest BCUT2D eigenvalue weighted by Gasteiger charge is 2.07. The minimum absolute atomic E-state index is 0.508. The number of rotatable bonds is 3. The van der Waals surface area contributed by atoms with E-state index in [1.807, 2.05) is 6.07 Å². The molecule has 1 rings (SSSR count). The molecule has 0 bridgehead atoms. The summed E-state index contributed by atoms with van der Waals surface area (Å²) in [6.07, 6.45) is -0.508. The Morgan fingerprint density at radius 2 is 2.14 bits per heavy atom.